The Hall–Kier alpha value is -1.80. The maximum atomic E-state index is 5.95. The molecule has 2 aromatic rings. The van der Waals surface area contributed by atoms with E-state index in [1.54, 1.807) is 0 Å². The summed E-state index contributed by atoms with van der Waals surface area (Å²) in [5, 5.41) is 3.51. The zero-order chi connectivity index (χ0) is 14.2. The van der Waals surface area contributed by atoms with Crippen molar-refractivity contribution in [3.63, 3.8) is 0 Å². The number of hydrogen-bond donors (Lipinski definition) is 1. The summed E-state index contributed by atoms with van der Waals surface area (Å²) in [6.45, 7) is 5.85. The molecule has 0 bridgehead atoms. The van der Waals surface area contributed by atoms with Crippen LogP contribution in [0.15, 0.2) is 54.6 Å². The minimum absolute atomic E-state index is 0.525. The summed E-state index contributed by atoms with van der Waals surface area (Å²) in [5.74, 6) is 0.965. The van der Waals surface area contributed by atoms with Crippen LogP contribution in [0.5, 0.6) is 5.75 Å². The molecule has 2 aromatic carbocycles. The van der Waals surface area contributed by atoms with E-state index < -0.39 is 0 Å². The van der Waals surface area contributed by atoms with Gasteiger partial charge in [-0.15, -0.1) is 0 Å². The van der Waals surface area contributed by atoms with Gasteiger partial charge in [-0.25, -0.2) is 0 Å². The van der Waals surface area contributed by atoms with E-state index in [-0.39, 0.29) is 0 Å². The summed E-state index contributed by atoms with van der Waals surface area (Å²) in [5.41, 5.74) is 2.40. The molecule has 20 heavy (non-hydrogen) atoms. The van der Waals surface area contributed by atoms with Crippen molar-refractivity contribution < 1.29 is 4.74 Å². The Morgan fingerprint density at radius 1 is 1.00 bits per heavy atom. The molecule has 0 radical (unpaired) electrons. The second-order valence-corrected chi connectivity index (χ2v) is 5.07. The van der Waals surface area contributed by atoms with E-state index in [4.69, 9.17) is 4.74 Å². The molecule has 0 fully saturated rings. The van der Waals surface area contributed by atoms with E-state index in [2.05, 4.69) is 43.4 Å². The van der Waals surface area contributed by atoms with Gasteiger partial charge in [0.1, 0.15) is 12.4 Å². The average molecular weight is 269 g/mol. The molecular weight excluding hydrogens is 246 g/mol. The monoisotopic (exact) mass is 269 g/mol. The molecule has 0 heterocycles. The highest BCUT2D eigenvalue weighted by atomic mass is 16.5. The van der Waals surface area contributed by atoms with Crippen molar-refractivity contribution >= 4 is 0 Å². The van der Waals surface area contributed by atoms with Gasteiger partial charge in [-0.1, -0.05) is 55.5 Å². The lowest BCUT2D eigenvalue weighted by molar-refractivity contribution is 0.301. The number of benzene rings is 2. The molecule has 0 saturated carbocycles. The van der Waals surface area contributed by atoms with Crippen LogP contribution in [0.25, 0.3) is 0 Å². The van der Waals surface area contributed by atoms with Gasteiger partial charge >= 0.3 is 0 Å². The minimum atomic E-state index is 0.525. The molecule has 2 heteroatoms. The molecule has 0 spiro atoms. The molecule has 0 unspecified atom stereocenters. The molecule has 0 aliphatic carbocycles. The average Bonchev–Trinajstić information content (AvgIpc) is 2.52. The molecule has 0 saturated heterocycles. The Kier molecular flexibility index (Phi) is 5.63. The smallest absolute Gasteiger partial charge is 0.124 e. The summed E-state index contributed by atoms with van der Waals surface area (Å²) in [7, 11) is 0. The first kappa shape index (κ1) is 14.6. The van der Waals surface area contributed by atoms with E-state index in [9.17, 15) is 0 Å². The first-order valence-corrected chi connectivity index (χ1v) is 7.27. The Labute approximate surface area is 121 Å². The summed E-state index contributed by atoms with van der Waals surface area (Å²) in [6, 6.07) is 19.0. The number of rotatable bonds is 7. The largest absolute Gasteiger partial charge is 0.489 e. The van der Waals surface area contributed by atoms with E-state index in [1.807, 2.05) is 30.3 Å². The molecule has 0 aromatic heterocycles. The van der Waals surface area contributed by atoms with Gasteiger partial charge in [0.15, 0.2) is 0 Å². The van der Waals surface area contributed by atoms with Gasteiger partial charge in [0.2, 0.25) is 0 Å². The number of nitrogens with one attached hydrogen (secondary N) is 1. The van der Waals surface area contributed by atoms with Crippen LogP contribution in [0.4, 0.5) is 0 Å². The molecule has 2 nitrogen and oxygen atoms in total. The fourth-order valence-electron chi connectivity index (χ4n) is 1.95. The van der Waals surface area contributed by atoms with Crippen LogP contribution in [-0.2, 0) is 13.2 Å². The Morgan fingerprint density at radius 2 is 1.70 bits per heavy atom. The highest BCUT2D eigenvalue weighted by Gasteiger charge is 2.05. The van der Waals surface area contributed by atoms with Crippen LogP contribution in [0.3, 0.4) is 0 Å². The SMILES string of the molecule is CC[C@@H](C)NCc1ccccc1OCc1ccccc1. The molecule has 0 aliphatic rings. The first-order chi connectivity index (χ1) is 9.79. The Balaban J connectivity index is 1.97. The van der Waals surface area contributed by atoms with Crippen molar-refractivity contribution in [1.82, 2.24) is 5.32 Å². The molecule has 2 rings (SSSR count). The van der Waals surface area contributed by atoms with Crippen LogP contribution in [0.2, 0.25) is 0 Å². The van der Waals surface area contributed by atoms with Gasteiger partial charge in [0.05, 0.1) is 0 Å². The van der Waals surface area contributed by atoms with Gasteiger partial charge in [0.25, 0.3) is 0 Å². The Morgan fingerprint density at radius 3 is 2.45 bits per heavy atom. The van der Waals surface area contributed by atoms with Crippen LogP contribution in [0, 0.1) is 0 Å². The number of para-hydroxylation sites is 1. The standard InChI is InChI=1S/C18H23NO/c1-3-15(2)19-13-17-11-7-8-12-18(17)20-14-16-9-5-4-6-10-16/h4-12,15,19H,3,13-14H2,1-2H3/t15-/m1/s1. The summed E-state index contributed by atoms with van der Waals surface area (Å²) in [4.78, 5) is 0. The zero-order valence-corrected chi connectivity index (χ0v) is 12.3. The lowest BCUT2D eigenvalue weighted by Crippen LogP contribution is -2.24. The topological polar surface area (TPSA) is 21.3 Å². The third-order valence-electron chi connectivity index (χ3n) is 3.46. The van der Waals surface area contributed by atoms with Gasteiger partial charge in [-0.05, 0) is 25.0 Å². The van der Waals surface area contributed by atoms with E-state index >= 15 is 0 Å². The molecule has 106 valence electrons. The van der Waals surface area contributed by atoms with E-state index in [1.165, 1.54) is 11.1 Å². The molecule has 1 N–H and O–H groups in total. The van der Waals surface area contributed by atoms with Crippen molar-refractivity contribution in [1.29, 1.82) is 0 Å². The Bertz CT molecular complexity index is 510. The van der Waals surface area contributed by atoms with Crippen molar-refractivity contribution in [3.05, 3.63) is 65.7 Å². The summed E-state index contributed by atoms with van der Waals surface area (Å²) in [6.07, 6.45) is 1.13. The number of ether oxygens (including phenoxy) is 1. The van der Waals surface area contributed by atoms with Gasteiger partial charge < -0.3 is 10.1 Å². The third kappa shape index (κ3) is 4.39. The molecule has 0 aliphatic heterocycles. The molecule has 0 amide bonds. The maximum absolute atomic E-state index is 5.95. The van der Waals surface area contributed by atoms with Crippen LogP contribution >= 0.6 is 0 Å². The predicted octanol–water partition coefficient (Wildman–Crippen LogP) is 4.15. The van der Waals surface area contributed by atoms with Crippen LogP contribution in [0.1, 0.15) is 31.4 Å². The second kappa shape index (κ2) is 7.71. The van der Waals surface area contributed by atoms with E-state index in [0.29, 0.717) is 12.6 Å². The van der Waals surface area contributed by atoms with Crippen molar-refractivity contribution in [3.8, 4) is 5.75 Å². The van der Waals surface area contributed by atoms with Crippen molar-refractivity contribution in [2.24, 2.45) is 0 Å². The van der Waals surface area contributed by atoms with Crippen LogP contribution < -0.4 is 10.1 Å². The molecular formula is C18H23NO. The lowest BCUT2D eigenvalue weighted by Gasteiger charge is -2.15. The van der Waals surface area contributed by atoms with Gasteiger partial charge in [0, 0.05) is 18.2 Å². The zero-order valence-electron chi connectivity index (χ0n) is 12.3. The quantitative estimate of drug-likeness (QED) is 0.815. The lowest BCUT2D eigenvalue weighted by atomic mass is 10.1. The van der Waals surface area contributed by atoms with Crippen molar-refractivity contribution in [2.75, 3.05) is 0 Å². The highest BCUT2D eigenvalue weighted by molar-refractivity contribution is 5.33. The van der Waals surface area contributed by atoms with Gasteiger partial charge in [-0.3, -0.25) is 0 Å². The van der Waals surface area contributed by atoms with Gasteiger partial charge in [-0.2, -0.15) is 0 Å². The number of hydrogen-bond acceptors (Lipinski definition) is 2. The summed E-state index contributed by atoms with van der Waals surface area (Å²) >= 11 is 0. The van der Waals surface area contributed by atoms with Crippen molar-refractivity contribution in [2.45, 2.75) is 39.5 Å². The third-order valence-corrected chi connectivity index (χ3v) is 3.46. The van der Waals surface area contributed by atoms with Crippen LogP contribution in [-0.4, -0.2) is 6.04 Å². The predicted molar refractivity (Wildman–Crippen MR) is 83.8 cm³/mol. The molecule has 1 atom stereocenters. The fraction of sp³-hybridized carbons (Fsp3) is 0.333. The fourth-order valence-corrected chi connectivity index (χ4v) is 1.95. The first-order valence-electron chi connectivity index (χ1n) is 7.27. The normalized spacial score (nSPS) is 12.1. The van der Waals surface area contributed by atoms with E-state index in [0.717, 1.165) is 18.7 Å². The second-order valence-electron chi connectivity index (χ2n) is 5.07. The highest BCUT2D eigenvalue weighted by Crippen LogP contribution is 2.19. The maximum Gasteiger partial charge on any atom is 0.124 e. The summed E-state index contributed by atoms with van der Waals surface area (Å²) < 4.78 is 5.95. The minimum Gasteiger partial charge on any atom is -0.489 e.